The summed E-state index contributed by atoms with van der Waals surface area (Å²) >= 11 is 3.18. The van der Waals surface area contributed by atoms with Crippen molar-refractivity contribution in [2.75, 3.05) is 12.4 Å². The van der Waals surface area contributed by atoms with Gasteiger partial charge in [0.25, 0.3) is 0 Å². The van der Waals surface area contributed by atoms with E-state index in [1.165, 1.54) is 4.68 Å². The molecule has 0 aliphatic heterocycles. The number of ether oxygens (including phenoxy) is 2. The van der Waals surface area contributed by atoms with Gasteiger partial charge in [0.15, 0.2) is 5.82 Å². The fraction of sp³-hybridized carbons (Fsp3) is 0.241. The summed E-state index contributed by atoms with van der Waals surface area (Å²) in [5.74, 6) is 0.241. The van der Waals surface area contributed by atoms with Gasteiger partial charge in [-0.05, 0) is 49.1 Å². The van der Waals surface area contributed by atoms with Crippen molar-refractivity contribution in [3.63, 3.8) is 0 Å². The molecule has 40 heavy (non-hydrogen) atoms. The lowest BCUT2D eigenvalue weighted by atomic mass is 9.93. The number of nitrogens with one attached hydrogen (secondary N) is 1. The second-order valence-corrected chi connectivity index (χ2v) is 11.9. The number of aliphatic carboxylic acids is 1. The number of thiophene rings is 2. The summed E-state index contributed by atoms with van der Waals surface area (Å²) in [5, 5.41) is 20.9. The molecule has 0 radical (unpaired) electrons. The maximum absolute atomic E-state index is 12.7. The Morgan fingerprint density at radius 3 is 2.42 bits per heavy atom. The Hall–Kier alpha value is -4.22. The number of carboxylic acids is 1. The Morgan fingerprint density at radius 2 is 1.75 bits per heavy atom. The maximum atomic E-state index is 12.7. The second kappa shape index (κ2) is 10.1. The summed E-state index contributed by atoms with van der Waals surface area (Å²) in [6.07, 6.45) is 0.247. The summed E-state index contributed by atoms with van der Waals surface area (Å²) < 4.78 is 14.8. The lowest BCUT2D eigenvalue weighted by Gasteiger charge is -2.15. The van der Waals surface area contributed by atoms with E-state index in [4.69, 9.17) is 9.47 Å². The summed E-state index contributed by atoms with van der Waals surface area (Å²) in [6.45, 7) is 1.82. The zero-order chi connectivity index (χ0) is 28.0. The number of methoxy groups -OCH3 is 1. The number of aryl methyl sites for hydroxylation is 1. The number of nitrogens with zero attached hydrogens (tertiary/aromatic N) is 3. The van der Waals surface area contributed by atoms with Crippen molar-refractivity contribution in [2.45, 2.75) is 31.3 Å². The number of anilines is 1. The van der Waals surface area contributed by atoms with Crippen molar-refractivity contribution in [1.82, 2.24) is 15.0 Å². The van der Waals surface area contributed by atoms with Crippen LogP contribution in [0.15, 0.2) is 60.7 Å². The molecule has 204 valence electrons. The van der Waals surface area contributed by atoms with Crippen LogP contribution in [0.2, 0.25) is 0 Å². The highest BCUT2D eigenvalue weighted by atomic mass is 32.1. The van der Waals surface area contributed by atoms with Crippen LogP contribution in [0.25, 0.3) is 30.4 Å². The highest BCUT2D eigenvalue weighted by Crippen LogP contribution is 2.52. The first kappa shape index (κ1) is 26.0. The van der Waals surface area contributed by atoms with Gasteiger partial charge in [0, 0.05) is 26.9 Å². The minimum absolute atomic E-state index is 0.414. The third-order valence-corrected chi connectivity index (χ3v) is 9.55. The molecular weight excluding hydrogens is 548 g/mol. The molecular formula is C29H26N4O5S2. The smallest absolute Gasteiger partial charge is 0.413 e. The number of fused-ring (bicyclic) bond motifs is 1. The Morgan fingerprint density at radius 1 is 1.05 bits per heavy atom. The average Bonchev–Trinajstić information content (AvgIpc) is 3.36. The molecule has 2 N–H and O–H groups in total. The van der Waals surface area contributed by atoms with Gasteiger partial charge in [-0.1, -0.05) is 47.7 Å². The van der Waals surface area contributed by atoms with Gasteiger partial charge >= 0.3 is 12.1 Å². The van der Waals surface area contributed by atoms with Gasteiger partial charge in [-0.2, -0.15) is 0 Å². The molecule has 0 saturated heterocycles. The Balaban J connectivity index is 1.23. The minimum Gasteiger partial charge on any atom is -0.496 e. The number of aromatic nitrogens is 3. The first-order chi connectivity index (χ1) is 19.3. The van der Waals surface area contributed by atoms with Crippen molar-refractivity contribution >= 4 is 50.0 Å². The van der Waals surface area contributed by atoms with E-state index < -0.39 is 23.6 Å². The van der Waals surface area contributed by atoms with Gasteiger partial charge in [0.1, 0.15) is 17.5 Å². The normalized spacial score (nSPS) is 14.6. The maximum Gasteiger partial charge on any atom is 0.413 e. The highest BCUT2D eigenvalue weighted by molar-refractivity contribution is 7.31. The minimum atomic E-state index is -0.830. The van der Waals surface area contributed by atoms with E-state index in [0.29, 0.717) is 30.1 Å². The molecule has 1 saturated carbocycles. The first-order valence-electron chi connectivity index (χ1n) is 12.7. The Bertz CT molecular complexity index is 1700. The zero-order valence-electron chi connectivity index (χ0n) is 22.0. The van der Waals surface area contributed by atoms with Gasteiger partial charge in [-0.3, -0.25) is 10.1 Å². The SMILES string of the molecule is COc1cc(-c2cc3sc(-c4nnn(C)c4NC(=O)O[C@H](C)c4ccccc4)cc3s2)ccc1C1(C(=O)O)CC1. The van der Waals surface area contributed by atoms with E-state index in [-0.39, 0.29) is 0 Å². The van der Waals surface area contributed by atoms with Crippen molar-refractivity contribution < 1.29 is 24.2 Å². The van der Waals surface area contributed by atoms with E-state index in [1.807, 2.05) is 61.5 Å². The van der Waals surface area contributed by atoms with Crippen LogP contribution in [0.3, 0.4) is 0 Å². The monoisotopic (exact) mass is 574 g/mol. The van der Waals surface area contributed by atoms with Crippen molar-refractivity contribution in [3.05, 3.63) is 71.8 Å². The molecule has 1 aliphatic rings. The average molecular weight is 575 g/mol. The first-order valence-corrected chi connectivity index (χ1v) is 14.3. The molecule has 0 spiro atoms. The molecule has 3 aromatic heterocycles. The topological polar surface area (TPSA) is 116 Å². The molecule has 2 aromatic carbocycles. The molecule has 3 heterocycles. The number of carbonyl (C=O) groups is 2. The van der Waals surface area contributed by atoms with Crippen molar-refractivity contribution in [1.29, 1.82) is 0 Å². The fourth-order valence-corrected chi connectivity index (χ4v) is 7.18. The number of carboxylic acid groups (broad SMARTS) is 1. The third-order valence-electron chi connectivity index (χ3n) is 7.20. The van der Waals surface area contributed by atoms with E-state index in [2.05, 4.69) is 21.7 Å². The molecule has 1 fully saturated rings. The second-order valence-electron chi connectivity index (χ2n) is 9.75. The van der Waals surface area contributed by atoms with E-state index in [0.717, 1.165) is 35.8 Å². The Labute approximate surface area is 238 Å². The molecule has 0 unspecified atom stereocenters. The largest absolute Gasteiger partial charge is 0.496 e. The summed E-state index contributed by atoms with van der Waals surface area (Å²) in [5.41, 5.74) is 2.33. The fourth-order valence-electron chi connectivity index (χ4n) is 4.80. The third kappa shape index (κ3) is 4.61. The standard InChI is InChI=1S/C29H26N4O5S2/c1-16(17-7-5-4-6-8-17)38-28(36)30-26-25(31-32-33(26)2)24-15-23-22(40-24)14-21(39-23)18-9-10-19(20(13-18)37-3)29(11-12-29)27(34)35/h4-10,13-16H,11-12H2,1-3H3,(H,30,36)(H,34,35)/t16-/m1/s1. The van der Waals surface area contributed by atoms with Gasteiger partial charge in [0.05, 0.1) is 17.4 Å². The number of benzene rings is 2. The van der Waals surface area contributed by atoms with Crippen LogP contribution in [0.4, 0.5) is 10.6 Å². The van der Waals surface area contributed by atoms with Gasteiger partial charge in [-0.15, -0.1) is 27.8 Å². The zero-order valence-corrected chi connectivity index (χ0v) is 23.6. The van der Waals surface area contributed by atoms with Crippen LogP contribution in [0.5, 0.6) is 5.75 Å². The number of hydrogen-bond donors (Lipinski definition) is 2. The molecule has 0 bridgehead atoms. The predicted molar refractivity (Wildman–Crippen MR) is 155 cm³/mol. The molecule has 5 aromatic rings. The lowest BCUT2D eigenvalue weighted by Crippen LogP contribution is -2.20. The van der Waals surface area contributed by atoms with Crippen LogP contribution in [-0.2, 0) is 22.0 Å². The molecule has 6 rings (SSSR count). The quantitative estimate of drug-likeness (QED) is 0.208. The highest BCUT2D eigenvalue weighted by Gasteiger charge is 2.53. The number of hydrogen-bond acceptors (Lipinski definition) is 8. The number of rotatable bonds is 8. The molecule has 11 heteroatoms. The Kier molecular flexibility index (Phi) is 6.55. The lowest BCUT2D eigenvalue weighted by molar-refractivity contribution is -0.140. The van der Waals surface area contributed by atoms with Crippen LogP contribution in [-0.4, -0.2) is 39.3 Å². The molecule has 1 amide bonds. The summed E-state index contributed by atoms with van der Waals surface area (Å²) in [4.78, 5) is 26.5. The van der Waals surface area contributed by atoms with Gasteiger partial charge < -0.3 is 14.6 Å². The van der Waals surface area contributed by atoms with E-state index >= 15 is 0 Å². The predicted octanol–water partition coefficient (Wildman–Crippen LogP) is 6.86. The number of carbonyl (C=O) groups excluding carboxylic acids is 1. The van der Waals surface area contributed by atoms with Crippen LogP contribution < -0.4 is 10.1 Å². The van der Waals surface area contributed by atoms with Crippen LogP contribution in [0, 0.1) is 0 Å². The van der Waals surface area contributed by atoms with Gasteiger partial charge in [0.2, 0.25) is 0 Å². The van der Waals surface area contributed by atoms with Crippen molar-refractivity contribution in [2.24, 2.45) is 7.05 Å². The van der Waals surface area contributed by atoms with Gasteiger partial charge in [-0.25, -0.2) is 9.48 Å². The summed E-state index contributed by atoms with van der Waals surface area (Å²) in [7, 11) is 3.29. The summed E-state index contributed by atoms with van der Waals surface area (Å²) in [6, 6.07) is 19.4. The number of amides is 1. The van der Waals surface area contributed by atoms with E-state index in [1.54, 1.807) is 36.8 Å². The van der Waals surface area contributed by atoms with Crippen LogP contribution >= 0.6 is 22.7 Å². The van der Waals surface area contributed by atoms with Crippen LogP contribution in [0.1, 0.15) is 37.0 Å². The van der Waals surface area contributed by atoms with E-state index in [9.17, 15) is 14.7 Å². The molecule has 1 aliphatic carbocycles. The van der Waals surface area contributed by atoms with Crippen molar-refractivity contribution in [3.8, 4) is 26.8 Å². The molecule has 1 atom stereocenters. The molecule has 9 nitrogen and oxygen atoms in total.